The molecule has 0 fully saturated rings. The molecule has 4 N–H and O–H groups in total. The molecule has 4 heteroatoms. The Balaban J connectivity index is 2.53. The van der Waals surface area contributed by atoms with Crippen LogP contribution < -0.4 is 11.1 Å². The average molecular weight is 250 g/mol. The molecule has 1 aromatic carbocycles. The van der Waals surface area contributed by atoms with Gasteiger partial charge < -0.3 is 16.2 Å². The van der Waals surface area contributed by atoms with Crippen molar-refractivity contribution in [3.8, 4) is 0 Å². The summed E-state index contributed by atoms with van der Waals surface area (Å²) in [7, 11) is 0. The van der Waals surface area contributed by atoms with E-state index in [1.54, 1.807) is 6.07 Å². The summed E-state index contributed by atoms with van der Waals surface area (Å²) >= 11 is 0. The van der Waals surface area contributed by atoms with E-state index < -0.39 is 0 Å². The van der Waals surface area contributed by atoms with Crippen LogP contribution >= 0.6 is 0 Å². The highest BCUT2D eigenvalue weighted by atomic mass is 16.3. The van der Waals surface area contributed by atoms with Crippen molar-refractivity contribution < 1.29 is 9.90 Å². The first-order chi connectivity index (χ1) is 8.52. The first-order valence-electron chi connectivity index (χ1n) is 6.26. The highest BCUT2D eigenvalue weighted by molar-refractivity contribution is 5.80. The van der Waals surface area contributed by atoms with Crippen molar-refractivity contribution in [1.29, 1.82) is 0 Å². The lowest BCUT2D eigenvalue weighted by atomic mass is 10.0. The molecule has 0 spiro atoms. The van der Waals surface area contributed by atoms with Crippen LogP contribution in [0.25, 0.3) is 0 Å². The first kappa shape index (κ1) is 14.5. The first-order valence-corrected chi connectivity index (χ1v) is 6.26. The van der Waals surface area contributed by atoms with Crippen molar-refractivity contribution in [1.82, 2.24) is 5.32 Å². The molecule has 18 heavy (non-hydrogen) atoms. The number of rotatable bonds is 6. The van der Waals surface area contributed by atoms with Crippen LogP contribution in [0.4, 0.5) is 5.69 Å². The SMILES string of the molecule is CC(C)CC(CO)NC(=O)Cc1ccccc1N. The Labute approximate surface area is 108 Å². The third-order valence-corrected chi connectivity index (χ3v) is 2.75. The van der Waals surface area contributed by atoms with Crippen molar-refractivity contribution in [2.75, 3.05) is 12.3 Å². The Morgan fingerprint density at radius 2 is 2.06 bits per heavy atom. The van der Waals surface area contributed by atoms with Gasteiger partial charge in [-0.25, -0.2) is 0 Å². The van der Waals surface area contributed by atoms with E-state index >= 15 is 0 Å². The van der Waals surface area contributed by atoms with Crippen LogP contribution in [-0.2, 0) is 11.2 Å². The van der Waals surface area contributed by atoms with E-state index in [0.29, 0.717) is 11.6 Å². The molecule has 0 aliphatic heterocycles. The molecule has 1 unspecified atom stereocenters. The number of carbonyl (C=O) groups is 1. The molecule has 1 rings (SSSR count). The fourth-order valence-corrected chi connectivity index (χ4v) is 1.90. The number of anilines is 1. The van der Waals surface area contributed by atoms with Crippen LogP contribution in [0.3, 0.4) is 0 Å². The molecule has 0 heterocycles. The van der Waals surface area contributed by atoms with E-state index in [1.165, 1.54) is 0 Å². The molecular formula is C14H22N2O2. The van der Waals surface area contributed by atoms with Crippen molar-refractivity contribution >= 4 is 11.6 Å². The summed E-state index contributed by atoms with van der Waals surface area (Å²) in [5.74, 6) is 0.330. The molecule has 4 nitrogen and oxygen atoms in total. The van der Waals surface area contributed by atoms with Crippen LogP contribution in [0.2, 0.25) is 0 Å². The number of nitrogen functional groups attached to an aromatic ring is 1. The molecule has 0 bridgehead atoms. The normalized spacial score (nSPS) is 12.4. The van der Waals surface area contributed by atoms with Gasteiger partial charge >= 0.3 is 0 Å². The van der Waals surface area contributed by atoms with Crippen LogP contribution in [0.1, 0.15) is 25.8 Å². The lowest BCUT2D eigenvalue weighted by Gasteiger charge is -2.18. The van der Waals surface area contributed by atoms with Gasteiger partial charge in [0.1, 0.15) is 0 Å². The highest BCUT2D eigenvalue weighted by Crippen LogP contribution is 2.11. The zero-order valence-electron chi connectivity index (χ0n) is 11.0. The number of amides is 1. The van der Waals surface area contributed by atoms with Crippen molar-refractivity contribution in [3.63, 3.8) is 0 Å². The van der Waals surface area contributed by atoms with E-state index in [4.69, 9.17) is 5.73 Å². The molecule has 0 aromatic heterocycles. The van der Waals surface area contributed by atoms with Gasteiger partial charge in [0, 0.05) is 5.69 Å². The second-order valence-electron chi connectivity index (χ2n) is 4.95. The van der Waals surface area contributed by atoms with E-state index in [0.717, 1.165) is 12.0 Å². The molecule has 0 saturated carbocycles. The average Bonchev–Trinajstić information content (AvgIpc) is 2.30. The summed E-state index contributed by atoms with van der Waals surface area (Å²) in [6.07, 6.45) is 1.02. The number of nitrogens with two attached hydrogens (primary N) is 1. The largest absolute Gasteiger partial charge is 0.398 e. The number of hydrogen-bond acceptors (Lipinski definition) is 3. The second kappa shape index (κ2) is 7.01. The molecule has 0 aliphatic rings. The van der Waals surface area contributed by atoms with E-state index in [-0.39, 0.29) is 25.0 Å². The minimum absolute atomic E-state index is 0.0335. The fourth-order valence-electron chi connectivity index (χ4n) is 1.90. The van der Waals surface area contributed by atoms with Crippen LogP contribution in [0, 0.1) is 5.92 Å². The zero-order chi connectivity index (χ0) is 13.5. The molecule has 1 amide bonds. The third-order valence-electron chi connectivity index (χ3n) is 2.75. The van der Waals surface area contributed by atoms with Gasteiger partial charge in [0.05, 0.1) is 19.1 Å². The molecule has 1 aromatic rings. The van der Waals surface area contributed by atoms with Gasteiger partial charge in [-0.1, -0.05) is 32.0 Å². The Kier molecular flexibility index (Phi) is 5.65. The molecule has 0 radical (unpaired) electrons. The van der Waals surface area contributed by atoms with Crippen LogP contribution in [-0.4, -0.2) is 23.7 Å². The van der Waals surface area contributed by atoms with Crippen molar-refractivity contribution in [2.45, 2.75) is 32.7 Å². The van der Waals surface area contributed by atoms with Gasteiger partial charge in [0.15, 0.2) is 0 Å². The molecule has 0 aliphatic carbocycles. The van der Waals surface area contributed by atoms with E-state index in [1.807, 2.05) is 18.2 Å². The topological polar surface area (TPSA) is 75.3 Å². The number of aliphatic hydroxyl groups excluding tert-OH is 1. The van der Waals surface area contributed by atoms with Crippen molar-refractivity contribution in [3.05, 3.63) is 29.8 Å². The highest BCUT2D eigenvalue weighted by Gasteiger charge is 2.13. The predicted octanol–water partition coefficient (Wildman–Crippen LogP) is 1.33. The Morgan fingerprint density at radius 3 is 2.61 bits per heavy atom. The number of carbonyl (C=O) groups excluding carboxylic acids is 1. The number of nitrogens with one attached hydrogen (secondary N) is 1. The summed E-state index contributed by atoms with van der Waals surface area (Å²) < 4.78 is 0. The van der Waals surface area contributed by atoms with Gasteiger partial charge in [0.25, 0.3) is 0 Å². The standard InChI is InChI=1S/C14H22N2O2/c1-10(2)7-12(9-17)16-14(18)8-11-5-3-4-6-13(11)15/h3-6,10,12,17H,7-9,15H2,1-2H3,(H,16,18). The monoisotopic (exact) mass is 250 g/mol. The maximum atomic E-state index is 11.8. The smallest absolute Gasteiger partial charge is 0.224 e. The molecular weight excluding hydrogens is 228 g/mol. The molecule has 1 atom stereocenters. The number of benzene rings is 1. The Hall–Kier alpha value is -1.55. The van der Waals surface area contributed by atoms with Crippen molar-refractivity contribution in [2.24, 2.45) is 5.92 Å². The maximum Gasteiger partial charge on any atom is 0.224 e. The summed E-state index contributed by atoms with van der Waals surface area (Å²) in [5.41, 5.74) is 7.22. The molecule has 100 valence electrons. The lowest BCUT2D eigenvalue weighted by molar-refractivity contribution is -0.121. The maximum absolute atomic E-state index is 11.8. The minimum atomic E-state index is -0.178. The second-order valence-corrected chi connectivity index (χ2v) is 4.95. The summed E-state index contributed by atoms with van der Waals surface area (Å²) in [5, 5.41) is 12.0. The van der Waals surface area contributed by atoms with Gasteiger partial charge in [0.2, 0.25) is 5.91 Å². The zero-order valence-corrected chi connectivity index (χ0v) is 11.0. The number of aliphatic hydroxyl groups is 1. The molecule has 0 saturated heterocycles. The van der Waals surface area contributed by atoms with E-state index in [9.17, 15) is 9.90 Å². The number of hydrogen-bond donors (Lipinski definition) is 3. The van der Waals surface area contributed by atoms with Gasteiger partial charge in [-0.2, -0.15) is 0 Å². The van der Waals surface area contributed by atoms with E-state index in [2.05, 4.69) is 19.2 Å². The fraction of sp³-hybridized carbons (Fsp3) is 0.500. The third kappa shape index (κ3) is 4.75. The van der Waals surface area contributed by atoms with Gasteiger partial charge in [-0.05, 0) is 24.0 Å². The number of para-hydroxylation sites is 1. The predicted molar refractivity (Wildman–Crippen MR) is 73.0 cm³/mol. The summed E-state index contributed by atoms with van der Waals surface area (Å²) in [4.78, 5) is 11.8. The lowest BCUT2D eigenvalue weighted by Crippen LogP contribution is -2.39. The van der Waals surface area contributed by atoms with Crippen LogP contribution in [0.15, 0.2) is 24.3 Å². The van der Waals surface area contributed by atoms with Gasteiger partial charge in [-0.3, -0.25) is 4.79 Å². The minimum Gasteiger partial charge on any atom is -0.398 e. The summed E-state index contributed by atoms with van der Waals surface area (Å²) in [6.45, 7) is 4.09. The van der Waals surface area contributed by atoms with Crippen LogP contribution in [0.5, 0.6) is 0 Å². The van der Waals surface area contributed by atoms with Gasteiger partial charge in [-0.15, -0.1) is 0 Å². The quantitative estimate of drug-likeness (QED) is 0.667. The summed E-state index contributed by atoms with van der Waals surface area (Å²) in [6, 6.07) is 7.14. The Morgan fingerprint density at radius 1 is 1.39 bits per heavy atom. The Bertz CT molecular complexity index is 391.